The Bertz CT molecular complexity index is 2350. The van der Waals surface area contributed by atoms with Gasteiger partial charge in [-0.2, -0.15) is 0 Å². The number of ether oxygens (including phenoxy) is 1. The number of piperazine rings is 1. The molecule has 13 nitrogen and oxygen atoms in total. The summed E-state index contributed by atoms with van der Waals surface area (Å²) in [5.74, 6) is 1.61. The molecule has 8 heterocycles. The van der Waals surface area contributed by atoms with Gasteiger partial charge in [-0.25, -0.2) is 14.4 Å². The van der Waals surface area contributed by atoms with Crippen molar-refractivity contribution in [3.05, 3.63) is 77.2 Å². The third-order valence-electron chi connectivity index (χ3n) is 15.2. The van der Waals surface area contributed by atoms with Crippen LogP contribution in [0.5, 0.6) is 5.75 Å². The molecule has 1 aliphatic carbocycles. The molecule has 3 saturated heterocycles. The molecule has 4 aromatic rings. The average molecular weight is 860 g/mol. The van der Waals surface area contributed by atoms with E-state index in [0.29, 0.717) is 43.1 Å². The van der Waals surface area contributed by atoms with Crippen LogP contribution in [0.1, 0.15) is 99.3 Å². The molecule has 63 heavy (non-hydrogen) atoms. The normalized spacial score (nSPS) is 25.2. The van der Waals surface area contributed by atoms with Gasteiger partial charge in [-0.1, -0.05) is 18.2 Å². The highest BCUT2D eigenvalue weighted by Crippen LogP contribution is 2.48. The fourth-order valence-corrected chi connectivity index (χ4v) is 11.8. The Balaban J connectivity index is 0.000000207. The zero-order chi connectivity index (χ0) is 43.5. The molecule has 1 spiro atoms. The molecule has 2 N–H and O–H groups in total. The summed E-state index contributed by atoms with van der Waals surface area (Å²) in [7, 11) is 0. The first-order valence-electron chi connectivity index (χ1n) is 23.4. The van der Waals surface area contributed by atoms with Gasteiger partial charge in [0.2, 0.25) is 17.8 Å². The minimum Gasteiger partial charge on any atom is -0.489 e. The molecule has 2 aromatic carbocycles. The molecule has 14 heteroatoms. The number of imide groups is 1. The first-order valence-corrected chi connectivity index (χ1v) is 23.4. The second kappa shape index (κ2) is 16.8. The van der Waals surface area contributed by atoms with Crippen molar-refractivity contribution < 1.29 is 23.5 Å². The largest absolute Gasteiger partial charge is 0.489 e. The summed E-state index contributed by atoms with van der Waals surface area (Å²) in [6, 6.07) is 14.3. The van der Waals surface area contributed by atoms with Crippen molar-refractivity contribution in [3.63, 3.8) is 0 Å². The van der Waals surface area contributed by atoms with Gasteiger partial charge in [0.15, 0.2) is 0 Å². The number of nitrogens with zero attached hydrogens (tertiary/aromatic N) is 7. The van der Waals surface area contributed by atoms with Crippen LogP contribution in [0.25, 0.3) is 10.9 Å². The summed E-state index contributed by atoms with van der Waals surface area (Å²) in [5, 5.41) is 3.71. The summed E-state index contributed by atoms with van der Waals surface area (Å²) in [5.41, 5.74) is 5.76. The van der Waals surface area contributed by atoms with Crippen LogP contribution in [0, 0.1) is 11.3 Å². The van der Waals surface area contributed by atoms with E-state index in [9.17, 15) is 18.8 Å². The summed E-state index contributed by atoms with van der Waals surface area (Å²) in [4.78, 5) is 61.1. The maximum absolute atomic E-state index is 13.9. The van der Waals surface area contributed by atoms with Crippen LogP contribution in [0.2, 0.25) is 0 Å². The second-order valence-electron chi connectivity index (χ2n) is 20.0. The number of anilines is 2. The summed E-state index contributed by atoms with van der Waals surface area (Å²) in [6.45, 7) is 14.0. The summed E-state index contributed by atoms with van der Waals surface area (Å²) >= 11 is 0. The Kier molecular flexibility index (Phi) is 11.2. The molecule has 6 aliphatic heterocycles. The number of rotatable bonds is 6. The molecule has 2 aromatic heterocycles. The van der Waals surface area contributed by atoms with Gasteiger partial charge in [-0.15, -0.1) is 0 Å². The van der Waals surface area contributed by atoms with E-state index in [0.717, 1.165) is 81.1 Å². The van der Waals surface area contributed by atoms with Gasteiger partial charge < -0.3 is 24.4 Å². The zero-order valence-corrected chi connectivity index (χ0v) is 37.1. The van der Waals surface area contributed by atoms with Crippen LogP contribution < -0.4 is 19.9 Å². The van der Waals surface area contributed by atoms with Crippen molar-refractivity contribution in [2.24, 2.45) is 11.3 Å². The number of hydrogen-bond donors (Lipinski definition) is 2. The van der Waals surface area contributed by atoms with E-state index < -0.39 is 11.7 Å². The number of para-hydroxylation sites is 1. The Morgan fingerprint density at radius 3 is 2.43 bits per heavy atom. The quantitative estimate of drug-likeness (QED) is 0.215. The molecule has 4 fully saturated rings. The lowest BCUT2D eigenvalue weighted by molar-refractivity contribution is -0.136. The lowest BCUT2D eigenvalue weighted by Gasteiger charge is -2.48. The van der Waals surface area contributed by atoms with Crippen molar-refractivity contribution in [1.82, 2.24) is 35.0 Å². The number of halogens is 1. The number of amides is 3. The van der Waals surface area contributed by atoms with E-state index in [1.807, 2.05) is 30.6 Å². The fraction of sp³-hybridized carbons (Fsp3) is 0.571. The first kappa shape index (κ1) is 41.9. The van der Waals surface area contributed by atoms with Gasteiger partial charge in [0, 0.05) is 105 Å². The van der Waals surface area contributed by atoms with E-state index >= 15 is 0 Å². The standard InChI is InChI=1S/C33H41N7O4.C16H21FN2/c41-28-5-4-27(30(42)36-28)40-20-25-24(31(40)43)2-3-26-29(25)44-21-23-19-37(16-17-39(23)26)18-22-6-8-33(9-7-22)10-14-38(15-11-33)32-34-12-1-13-35-32;1-11-8-13-12-6-4-5-7-14(12)18-15(13)9-19(11)10-16(2,3)17/h1-3,12-13,22-23,27H,4-11,14-21H2,(H,36,41,42);4-7,11,18H,8-10H2,1-3H3. The number of aromatic amines is 1. The number of aromatic nitrogens is 3. The second-order valence-corrected chi connectivity index (χ2v) is 20.0. The lowest BCUT2D eigenvalue weighted by atomic mass is 9.65. The van der Waals surface area contributed by atoms with E-state index in [-0.39, 0.29) is 30.2 Å². The topological polar surface area (TPSA) is 130 Å². The van der Waals surface area contributed by atoms with Crippen LogP contribution in [0.15, 0.2) is 54.9 Å². The van der Waals surface area contributed by atoms with Gasteiger partial charge in [0.1, 0.15) is 24.1 Å². The van der Waals surface area contributed by atoms with Gasteiger partial charge in [-0.05, 0) is 113 Å². The van der Waals surface area contributed by atoms with E-state index in [2.05, 4.69) is 71.1 Å². The Morgan fingerprint density at radius 2 is 1.67 bits per heavy atom. The number of alkyl halides is 1. The van der Waals surface area contributed by atoms with E-state index in [1.54, 1.807) is 18.7 Å². The van der Waals surface area contributed by atoms with Crippen LogP contribution >= 0.6 is 0 Å². The number of fused-ring (bicyclic) bond motifs is 8. The minimum atomic E-state index is -1.14. The molecule has 0 radical (unpaired) electrons. The van der Waals surface area contributed by atoms with Gasteiger partial charge in [0.25, 0.3) is 5.91 Å². The number of nitrogens with one attached hydrogen (secondary N) is 2. The highest BCUT2D eigenvalue weighted by atomic mass is 19.1. The maximum Gasteiger partial charge on any atom is 0.255 e. The predicted octanol–water partition coefficient (Wildman–Crippen LogP) is 6.26. The van der Waals surface area contributed by atoms with Gasteiger partial charge in [-0.3, -0.25) is 29.5 Å². The zero-order valence-electron chi connectivity index (χ0n) is 37.1. The van der Waals surface area contributed by atoms with Crippen LogP contribution in [0.4, 0.5) is 16.0 Å². The molecular weight excluding hydrogens is 798 g/mol. The predicted molar refractivity (Wildman–Crippen MR) is 240 cm³/mol. The lowest BCUT2D eigenvalue weighted by Crippen LogP contribution is -2.58. The van der Waals surface area contributed by atoms with E-state index in [1.165, 1.54) is 60.7 Å². The maximum atomic E-state index is 13.9. The molecule has 3 unspecified atom stereocenters. The van der Waals surface area contributed by atoms with Crippen LogP contribution in [-0.4, -0.2) is 124 Å². The molecule has 334 valence electrons. The molecule has 7 aliphatic rings. The Labute approximate surface area is 369 Å². The molecule has 0 bridgehead atoms. The number of carbonyl (C=O) groups is 3. The van der Waals surface area contributed by atoms with Crippen molar-refractivity contribution in [1.29, 1.82) is 0 Å². The molecule has 1 saturated carbocycles. The SMILES string of the molecule is CC1Cc2c([nH]c3ccccc23)CN1CC(C)(C)F.O=C1CCC(N2Cc3c(ccc4c3OCC3CN(CC5CCC6(CC5)CCN(c5ncccn5)CC6)CCN43)C2=O)C(=O)N1. The smallest absolute Gasteiger partial charge is 0.255 e. The number of benzene rings is 2. The minimum absolute atomic E-state index is 0.155. The first-order chi connectivity index (χ1) is 30.4. The molecule has 11 rings (SSSR count). The number of piperidine rings is 2. The highest BCUT2D eigenvalue weighted by Gasteiger charge is 2.44. The highest BCUT2D eigenvalue weighted by molar-refractivity contribution is 6.06. The molecule has 3 atom stereocenters. The van der Waals surface area contributed by atoms with Crippen LogP contribution in [-0.2, 0) is 29.1 Å². The number of H-pyrrole nitrogens is 1. The van der Waals surface area contributed by atoms with E-state index in [4.69, 9.17) is 4.74 Å². The van der Waals surface area contributed by atoms with Crippen molar-refractivity contribution >= 4 is 40.3 Å². The van der Waals surface area contributed by atoms with Crippen molar-refractivity contribution in [2.75, 3.05) is 62.2 Å². The molecule has 3 amide bonds. The summed E-state index contributed by atoms with van der Waals surface area (Å²) < 4.78 is 20.3. The van der Waals surface area contributed by atoms with Crippen molar-refractivity contribution in [3.8, 4) is 5.75 Å². The van der Waals surface area contributed by atoms with Gasteiger partial charge >= 0.3 is 0 Å². The third-order valence-corrected chi connectivity index (χ3v) is 15.2. The van der Waals surface area contributed by atoms with Crippen molar-refractivity contribution in [2.45, 2.75) is 115 Å². The molecular formula is C49H62FN9O4. The fourth-order valence-electron chi connectivity index (χ4n) is 11.8. The number of hydrogen-bond acceptors (Lipinski definition) is 10. The third kappa shape index (κ3) is 8.41. The monoisotopic (exact) mass is 859 g/mol. The Morgan fingerprint density at radius 1 is 0.889 bits per heavy atom. The number of carbonyl (C=O) groups excluding carboxylic acids is 3. The van der Waals surface area contributed by atoms with Crippen LogP contribution in [0.3, 0.4) is 0 Å². The van der Waals surface area contributed by atoms with Gasteiger partial charge in [0.05, 0.1) is 18.3 Å². The average Bonchev–Trinajstić information content (AvgIpc) is 3.81. The summed E-state index contributed by atoms with van der Waals surface area (Å²) in [6.07, 6.45) is 13.1. The Hall–Kier alpha value is -5.08.